The predicted molar refractivity (Wildman–Crippen MR) is 69.1 cm³/mol. The molecular weight excluding hydrogens is 283 g/mol. The number of halogens is 1. The van der Waals surface area contributed by atoms with Crippen LogP contribution in [0.15, 0.2) is 30.5 Å². The summed E-state index contributed by atoms with van der Waals surface area (Å²) in [5.41, 5.74) is -0.309. The summed E-state index contributed by atoms with van der Waals surface area (Å²) >= 11 is 0. The van der Waals surface area contributed by atoms with Crippen molar-refractivity contribution in [2.24, 2.45) is 0 Å². The highest BCUT2D eigenvalue weighted by molar-refractivity contribution is 5.88. The Kier molecular flexibility index (Phi) is 3.79. The van der Waals surface area contributed by atoms with Gasteiger partial charge in [0.2, 0.25) is 0 Å². The summed E-state index contributed by atoms with van der Waals surface area (Å²) in [7, 11) is 0. The number of nitrogens with zero attached hydrogens (tertiary/aromatic N) is 2. The van der Waals surface area contributed by atoms with Crippen LogP contribution in [0.5, 0.6) is 11.6 Å². The third-order valence-electron chi connectivity index (χ3n) is 2.68. The standard InChI is InChI=1S/C13H9FN2O5/c1-7-2-3-8(16(19)20)6-10(7)21-12-11(14)9(13(17)18)4-5-15-12/h2-6H,1H3,(H,17,18). The van der Waals surface area contributed by atoms with Crippen LogP contribution in [0.1, 0.15) is 15.9 Å². The number of carboxylic acids is 1. The number of pyridine rings is 1. The molecule has 0 aliphatic heterocycles. The third-order valence-corrected chi connectivity index (χ3v) is 2.68. The van der Waals surface area contributed by atoms with Gasteiger partial charge in [0.05, 0.1) is 11.0 Å². The molecule has 2 rings (SSSR count). The van der Waals surface area contributed by atoms with E-state index in [-0.39, 0.29) is 11.4 Å². The zero-order chi connectivity index (χ0) is 15.6. The van der Waals surface area contributed by atoms with Crippen molar-refractivity contribution in [3.05, 3.63) is 57.5 Å². The summed E-state index contributed by atoms with van der Waals surface area (Å²) in [5.74, 6) is -3.14. The Balaban J connectivity index is 2.43. The Hall–Kier alpha value is -3.03. The average molecular weight is 292 g/mol. The van der Waals surface area contributed by atoms with Gasteiger partial charge in [-0.05, 0) is 24.6 Å². The summed E-state index contributed by atoms with van der Waals surface area (Å²) in [6.07, 6.45) is 1.08. The minimum Gasteiger partial charge on any atom is -0.478 e. The summed E-state index contributed by atoms with van der Waals surface area (Å²) in [6.45, 7) is 1.61. The lowest BCUT2D eigenvalue weighted by Crippen LogP contribution is -2.04. The minimum atomic E-state index is -1.46. The number of rotatable bonds is 4. The molecule has 0 aliphatic carbocycles. The molecule has 7 nitrogen and oxygen atoms in total. The Labute approximate surface area is 117 Å². The Morgan fingerprint density at radius 1 is 1.43 bits per heavy atom. The fraction of sp³-hybridized carbons (Fsp3) is 0.0769. The molecule has 0 spiro atoms. The Bertz CT molecular complexity index is 732. The van der Waals surface area contributed by atoms with Gasteiger partial charge in [-0.15, -0.1) is 0 Å². The van der Waals surface area contributed by atoms with Crippen molar-refractivity contribution in [3.63, 3.8) is 0 Å². The summed E-state index contributed by atoms with van der Waals surface area (Å²) in [4.78, 5) is 24.5. The molecular formula is C13H9FN2O5. The summed E-state index contributed by atoms with van der Waals surface area (Å²) < 4.78 is 19.1. The van der Waals surface area contributed by atoms with Gasteiger partial charge < -0.3 is 9.84 Å². The molecule has 108 valence electrons. The molecule has 0 amide bonds. The van der Waals surface area contributed by atoms with Crippen LogP contribution in [-0.4, -0.2) is 21.0 Å². The first-order chi connectivity index (χ1) is 9.90. The number of aromatic carboxylic acids is 1. The number of non-ortho nitro benzene ring substituents is 1. The summed E-state index contributed by atoms with van der Waals surface area (Å²) in [6, 6.07) is 4.82. The van der Waals surface area contributed by atoms with Crippen LogP contribution in [-0.2, 0) is 0 Å². The molecule has 0 aliphatic rings. The van der Waals surface area contributed by atoms with E-state index in [1.54, 1.807) is 6.92 Å². The van der Waals surface area contributed by atoms with Crippen molar-refractivity contribution in [2.75, 3.05) is 0 Å². The highest BCUT2D eigenvalue weighted by Crippen LogP contribution is 2.29. The van der Waals surface area contributed by atoms with Gasteiger partial charge >= 0.3 is 5.97 Å². The number of hydrogen-bond donors (Lipinski definition) is 1. The molecule has 0 saturated carbocycles. The second-order valence-electron chi connectivity index (χ2n) is 4.09. The van der Waals surface area contributed by atoms with E-state index in [2.05, 4.69) is 4.98 Å². The molecule has 0 radical (unpaired) electrons. The van der Waals surface area contributed by atoms with E-state index in [4.69, 9.17) is 9.84 Å². The molecule has 0 unspecified atom stereocenters. The molecule has 1 aromatic carbocycles. The number of carboxylic acid groups (broad SMARTS) is 1. The molecule has 21 heavy (non-hydrogen) atoms. The lowest BCUT2D eigenvalue weighted by molar-refractivity contribution is -0.384. The maximum absolute atomic E-state index is 13.9. The minimum absolute atomic E-state index is 0.0261. The van der Waals surface area contributed by atoms with Crippen LogP contribution in [0.25, 0.3) is 0 Å². The topological polar surface area (TPSA) is 103 Å². The van der Waals surface area contributed by atoms with Crippen molar-refractivity contribution in [2.45, 2.75) is 6.92 Å². The van der Waals surface area contributed by atoms with Gasteiger partial charge in [-0.1, -0.05) is 0 Å². The number of aromatic nitrogens is 1. The van der Waals surface area contributed by atoms with Gasteiger partial charge in [-0.2, -0.15) is 0 Å². The van der Waals surface area contributed by atoms with Crippen molar-refractivity contribution >= 4 is 11.7 Å². The van der Waals surface area contributed by atoms with Gasteiger partial charge in [-0.3, -0.25) is 10.1 Å². The van der Waals surface area contributed by atoms with Crippen LogP contribution in [0.3, 0.4) is 0 Å². The first-order valence-electron chi connectivity index (χ1n) is 5.71. The number of hydrogen-bond acceptors (Lipinski definition) is 5. The number of carbonyl (C=O) groups is 1. The lowest BCUT2D eigenvalue weighted by Gasteiger charge is -2.09. The van der Waals surface area contributed by atoms with Gasteiger partial charge in [0.25, 0.3) is 11.6 Å². The molecule has 1 heterocycles. The predicted octanol–water partition coefficient (Wildman–Crippen LogP) is 2.93. The number of benzene rings is 1. The molecule has 0 atom stereocenters. The SMILES string of the molecule is Cc1ccc([N+](=O)[O-])cc1Oc1nccc(C(=O)O)c1F. The van der Waals surface area contributed by atoms with Crippen molar-refractivity contribution in [3.8, 4) is 11.6 Å². The highest BCUT2D eigenvalue weighted by Gasteiger charge is 2.18. The monoisotopic (exact) mass is 292 g/mol. The fourth-order valence-corrected chi connectivity index (χ4v) is 1.58. The highest BCUT2D eigenvalue weighted by atomic mass is 19.1. The van der Waals surface area contributed by atoms with Crippen LogP contribution in [0.4, 0.5) is 10.1 Å². The fourth-order valence-electron chi connectivity index (χ4n) is 1.58. The number of nitro benzene ring substituents is 1. The van der Waals surface area contributed by atoms with Gasteiger partial charge in [0.1, 0.15) is 11.3 Å². The van der Waals surface area contributed by atoms with Gasteiger partial charge in [0, 0.05) is 12.3 Å². The quantitative estimate of drug-likeness (QED) is 0.686. The Morgan fingerprint density at radius 2 is 2.14 bits per heavy atom. The van der Waals surface area contributed by atoms with Gasteiger partial charge in [-0.25, -0.2) is 14.2 Å². The number of ether oxygens (including phenoxy) is 1. The third kappa shape index (κ3) is 2.94. The largest absolute Gasteiger partial charge is 0.478 e. The van der Waals surface area contributed by atoms with E-state index in [1.807, 2.05) is 0 Å². The molecule has 8 heteroatoms. The van der Waals surface area contributed by atoms with Crippen molar-refractivity contribution < 1.29 is 24.0 Å². The number of nitro groups is 1. The van der Waals surface area contributed by atoms with Gasteiger partial charge in [0.15, 0.2) is 5.82 Å². The molecule has 0 bridgehead atoms. The number of aryl methyl sites for hydroxylation is 1. The molecule has 0 saturated heterocycles. The normalized spacial score (nSPS) is 10.2. The van der Waals surface area contributed by atoms with Crippen LogP contribution in [0.2, 0.25) is 0 Å². The maximum atomic E-state index is 13.9. The van der Waals surface area contributed by atoms with Crippen LogP contribution in [0, 0.1) is 22.9 Å². The van der Waals surface area contributed by atoms with E-state index in [0.717, 1.165) is 18.3 Å². The average Bonchev–Trinajstić information content (AvgIpc) is 2.42. The molecule has 0 fully saturated rings. The van der Waals surface area contributed by atoms with Crippen molar-refractivity contribution in [1.29, 1.82) is 0 Å². The van der Waals surface area contributed by atoms with Crippen LogP contribution >= 0.6 is 0 Å². The molecule has 1 N–H and O–H groups in total. The zero-order valence-corrected chi connectivity index (χ0v) is 10.7. The summed E-state index contributed by atoms with van der Waals surface area (Å²) in [5, 5.41) is 19.5. The van der Waals surface area contributed by atoms with Crippen molar-refractivity contribution in [1.82, 2.24) is 4.98 Å². The first kappa shape index (κ1) is 14.4. The molecule has 1 aromatic heterocycles. The maximum Gasteiger partial charge on any atom is 0.338 e. The Morgan fingerprint density at radius 3 is 2.76 bits per heavy atom. The lowest BCUT2D eigenvalue weighted by atomic mass is 10.2. The van der Waals surface area contributed by atoms with E-state index in [9.17, 15) is 19.3 Å². The van der Waals surface area contributed by atoms with E-state index < -0.39 is 28.2 Å². The van der Waals surface area contributed by atoms with E-state index >= 15 is 0 Å². The van der Waals surface area contributed by atoms with E-state index in [1.165, 1.54) is 12.1 Å². The van der Waals surface area contributed by atoms with Crippen LogP contribution < -0.4 is 4.74 Å². The smallest absolute Gasteiger partial charge is 0.338 e. The second-order valence-corrected chi connectivity index (χ2v) is 4.09. The first-order valence-corrected chi connectivity index (χ1v) is 5.71. The van der Waals surface area contributed by atoms with E-state index in [0.29, 0.717) is 5.56 Å². The zero-order valence-electron chi connectivity index (χ0n) is 10.7. The molecule has 2 aromatic rings. The second kappa shape index (κ2) is 5.53.